The second kappa shape index (κ2) is 8.41. The van der Waals surface area contributed by atoms with Crippen molar-refractivity contribution >= 4 is 5.69 Å². The van der Waals surface area contributed by atoms with Gasteiger partial charge < -0.3 is 24.3 Å². The third-order valence-electron chi connectivity index (χ3n) is 4.98. The summed E-state index contributed by atoms with van der Waals surface area (Å²) in [4.78, 5) is 0. The quantitative estimate of drug-likeness (QED) is 0.730. The van der Waals surface area contributed by atoms with E-state index in [2.05, 4.69) is 23.5 Å². The lowest BCUT2D eigenvalue weighted by Gasteiger charge is -2.44. The topological polar surface area (TPSA) is 49.0 Å². The Bertz CT molecular complexity index is 786. The molecule has 28 heavy (non-hydrogen) atoms. The number of hydrogen-bond donors (Lipinski definition) is 1. The van der Waals surface area contributed by atoms with Crippen LogP contribution in [0.25, 0.3) is 0 Å². The molecule has 0 saturated carbocycles. The van der Waals surface area contributed by atoms with E-state index in [1.165, 1.54) is 5.56 Å². The van der Waals surface area contributed by atoms with E-state index in [1.54, 1.807) is 14.2 Å². The molecule has 0 radical (unpaired) electrons. The zero-order valence-electron chi connectivity index (χ0n) is 17.6. The van der Waals surface area contributed by atoms with Crippen LogP contribution < -0.4 is 14.8 Å². The van der Waals surface area contributed by atoms with Crippen LogP contribution in [0.2, 0.25) is 0 Å². The van der Waals surface area contributed by atoms with E-state index in [-0.39, 0.29) is 18.3 Å². The first-order valence-corrected chi connectivity index (χ1v) is 9.72. The highest BCUT2D eigenvalue weighted by atomic mass is 16.6. The van der Waals surface area contributed by atoms with Crippen molar-refractivity contribution in [3.8, 4) is 11.5 Å². The van der Waals surface area contributed by atoms with Gasteiger partial charge in [0.15, 0.2) is 0 Å². The maximum atomic E-state index is 6.25. The molecule has 152 valence electrons. The molecule has 2 unspecified atom stereocenters. The minimum atomic E-state index is -0.473. The Labute approximate surface area is 168 Å². The molecule has 2 atom stereocenters. The molecule has 1 aliphatic rings. The predicted molar refractivity (Wildman–Crippen MR) is 111 cm³/mol. The van der Waals surface area contributed by atoms with E-state index in [9.17, 15) is 0 Å². The number of anilines is 1. The summed E-state index contributed by atoms with van der Waals surface area (Å²) >= 11 is 0. The van der Waals surface area contributed by atoms with Gasteiger partial charge in [-0.3, -0.25) is 0 Å². The van der Waals surface area contributed by atoms with Crippen LogP contribution in [0.1, 0.15) is 44.9 Å². The standard InChI is InChI=1S/C23H31NO4/c1-15(2)27-21-19-13-17(24-14-16-7-10-18(25-5)11-8-16)9-12-20(19)28-23(3,4)22(21)26-6/h7-13,15,21-22,24H,14H2,1-6H3. The maximum Gasteiger partial charge on any atom is 0.132 e. The van der Waals surface area contributed by atoms with Crippen molar-refractivity contribution in [3.63, 3.8) is 0 Å². The van der Waals surface area contributed by atoms with Gasteiger partial charge in [0.05, 0.1) is 13.2 Å². The fourth-order valence-electron chi connectivity index (χ4n) is 3.64. The zero-order chi connectivity index (χ0) is 20.3. The smallest absolute Gasteiger partial charge is 0.132 e. The fraction of sp³-hybridized carbons (Fsp3) is 0.478. The van der Waals surface area contributed by atoms with Crippen molar-refractivity contribution in [1.29, 1.82) is 0 Å². The normalized spacial score (nSPS) is 20.4. The van der Waals surface area contributed by atoms with Crippen molar-refractivity contribution in [2.75, 3.05) is 19.5 Å². The molecule has 1 heterocycles. The Morgan fingerprint density at radius 2 is 1.79 bits per heavy atom. The van der Waals surface area contributed by atoms with Crippen LogP contribution in [0.3, 0.4) is 0 Å². The largest absolute Gasteiger partial charge is 0.497 e. The predicted octanol–water partition coefficient (Wildman–Crippen LogP) is 4.96. The Morgan fingerprint density at radius 3 is 2.39 bits per heavy atom. The molecule has 0 spiro atoms. The number of benzene rings is 2. The highest BCUT2D eigenvalue weighted by molar-refractivity contribution is 5.54. The highest BCUT2D eigenvalue weighted by Crippen LogP contribution is 2.44. The second-order valence-electron chi connectivity index (χ2n) is 7.92. The lowest BCUT2D eigenvalue weighted by molar-refractivity contribution is -0.161. The van der Waals surface area contributed by atoms with E-state index >= 15 is 0 Å². The molecule has 5 heteroatoms. The van der Waals surface area contributed by atoms with Gasteiger partial charge in [-0.15, -0.1) is 0 Å². The van der Waals surface area contributed by atoms with Crippen LogP contribution in [0.4, 0.5) is 5.69 Å². The molecular weight excluding hydrogens is 354 g/mol. The molecule has 2 aromatic rings. The molecule has 0 aromatic heterocycles. The number of nitrogens with one attached hydrogen (secondary N) is 1. The average molecular weight is 386 g/mol. The summed E-state index contributed by atoms with van der Waals surface area (Å²) in [6, 6.07) is 14.2. The van der Waals surface area contributed by atoms with Crippen LogP contribution in [0.5, 0.6) is 11.5 Å². The van der Waals surface area contributed by atoms with Crippen molar-refractivity contribution in [2.24, 2.45) is 0 Å². The Kier molecular flexibility index (Phi) is 6.16. The molecule has 1 aliphatic heterocycles. The highest BCUT2D eigenvalue weighted by Gasteiger charge is 2.45. The maximum absolute atomic E-state index is 6.25. The van der Waals surface area contributed by atoms with E-state index in [4.69, 9.17) is 18.9 Å². The van der Waals surface area contributed by atoms with Gasteiger partial charge in [-0.1, -0.05) is 12.1 Å². The van der Waals surface area contributed by atoms with Crippen LogP contribution in [0.15, 0.2) is 42.5 Å². The molecule has 0 saturated heterocycles. The molecule has 0 amide bonds. The first kappa shape index (κ1) is 20.5. The molecule has 1 N–H and O–H groups in total. The van der Waals surface area contributed by atoms with Crippen LogP contribution in [0, 0.1) is 0 Å². The van der Waals surface area contributed by atoms with Crippen LogP contribution in [-0.2, 0) is 16.0 Å². The monoisotopic (exact) mass is 385 g/mol. The van der Waals surface area contributed by atoms with Gasteiger partial charge in [-0.2, -0.15) is 0 Å². The summed E-state index contributed by atoms with van der Waals surface area (Å²) in [5.74, 6) is 1.70. The summed E-state index contributed by atoms with van der Waals surface area (Å²) in [6.07, 6.45) is -0.300. The summed E-state index contributed by atoms with van der Waals surface area (Å²) in [6.45, 7) is 8.88. The van der Waals surface area contributed by atoms with Gasteiger partial charge in [0, 0.05) is 24.9 Å². The average Bonchev–Trinajstić information content (AvgIpc) is 2.66. The molecule has 5 nitrogen and oxygen atoms in total. The SMILES string of the molecule is COc1ccc(CNc2ccc3c(c2)C(OC(C)C)C(OC)C(C)(C)O3)cc1. The van der Waals surface area contributed by atoms with Crippen molar-refractivity contribution in [1.82, 2.24) is 0 Å². The van der Waals surface area contributed by atoms with E-state index in [0.29, 0.717) is 0 Å². The van der Waals surface area contributed by atoms with E-state index in [0.717, 1.165) is 29.3 Å². The number of fused-ring (bicyclic) bond motifs is 1. The van der Waals surface area contributed by atoms with Gasteiger partial charge >= 0.3 is 0 Å². The lowest BCUT2D eigenvalue weighted by Crippen LogP contribution is -2.50. The molecular formula is C23H31NO4. The molecule has 0 aliphatic carbocycles. The van der Waals surface area contributed by atoms with Gasteiger partial charge in [0.1, 0.15) is 29.3 Å². The molecule has 2 aromatic carbocycles. The number of methoxy groups -OCH3 is 2. The van der Waals surface area contributed by atoms with Gasteiger partial charge in [0.2, 0.25) is 0 Å². The first-order valence-electron chi connectivity index (χ1n) is 9.72. The lowest BCUT2D eigenvalue weighted by atomic mass is 9.87. The minimum absolute atomic E-state index is 0.0836. The number of hydrogen-bond acceptors (Lipinski definition) is 5. The first-order chi connectivity index (χ1) is 13.3. The van der Waals surface area contributed by atoms with Crippen LogP contribution >= 0.6 is 0 Å². The number of ether oxygens (including phenoxy) is 4. The Hall–Kier alpha value is -2.24. The number of rotatable bonds is 7. The minimum Gasteiger partial charge on any atom is -0.497 e. The summed E-state index contributed by atoms with van der Waals surface area (Å²) in [7, 11) is 3.38. The molecule has 0 fully saturated rings. The molecule has 0 bridgehead atoms. The second-order valence-corrected chi connectivity index (χ2v) is 7.92. The Morgan fingerprint density at radius 1 is 1.07 bits per heavy atom. The van der Waals surface area contributed by atoms with Crippen molar-refractivity contribution in [3.05, 3.63) is 53.6 Å². The van der Waals surface area contributed by atoms with Gasteiger partial charge in [0.25, 0.3) is 0 Å². The molecule has 3 rings (SSSR count). The van der Waals surface area contributed by atoms with Crippen molar-refractivity contribution in [2.45, 2.75) is 58.2 Å². The fourth-order valence-corrected chi connectivity index (χ4v) is 3.64. The third-order valence-corrected chi connectivity index (χ3v) is 4.98. The Balaban J connectivity index is 1.83. The van der Waals surface area contributed by atoms with E-state index in [1.807, 2.05) is 52.0 Å². The van der Waals surface area contributed by atoms with Crippen LogP contribution in [-0.4, -0.2) is 32.0 Å². The van der Waals surface area contributed by atoms with Gasteiger partial charge in [-0.05, 0) is 63.6 Å². The van der Waals surface area contributed by atoms with E-state index < -0.39 is 5.60 Å². The summed E-state index contributed by atoms with van der Waals surface area (Å²) in [5, 5.41) is 3.48. The third kappa shape index (κ3) is 4.42. The zero-order valence-corrected chi connectivity index (χ0v) is 17.6. The summed E-state index contributed by atoms with van der Waals surface area (Å²) in [5.41, 5.74) is 2.74. The van der Waals surface area contributed by atoms with Gasteiger partial charge in [-0.25, -0.2) is 0 Å². The summed E-state index contributed by atoms with van der Waals surface area (Å²) < 4.78 is 23.5. The van der Waals surface area contributed by atoms with Crippen molar-refractivity contribution < 1.29 is 18.9 Å².